The Bertz CT molecular complexity index is 505. The first kappa shape index (κ1) is 20.6. The Balaban J connectivity index is 0.000000585. The number of halogens is 3. The van der Waals surface area contributed by atoms with Gasteiger partial charge >= 0.3 is 18.1 Å². The number of aromatic nitrogens is 1. The number of carboxylic acids is 1. The molecule has 23 heavy (non-hydrogen) atoms. The predicted octanol–water partition coefficient (Wildman–Crippen LogP) is 1.33. The van der Waals surface area contributed by atoms with Crippen molar-refractivity contribution in [2.24, 2.45) is 5.73 Å². The van der Waals surface area contributed by atoms with Crippen LogP contribution in [0.15, 0.2) is 18.3 Å². The minimum atomic E-state index is -5.08. The molecular weight excluding hydrogens is 321 g/mol. The van der Waals surface area contributed by atoms with Gasteiger partial charge in [-0.05, 0) is 12.5 Å². The molecule has 1 heterocycles. The summed E-state index contributed by atoms with van der Waals surface area (Å²) in [6.07, 6.45) is -3.51. The maximum absolute atomic E-state index is 11.6. The summed E-state index contributed by atoms with van der Waals surface area (Å²) in [4.78, 5) is 24.5. The highest BCUT2D eigenvalue weighted by Gasteiger charge is 2.38. The van der Waals surface area contributed by atoms with Crippen LogP contribution in [0, 0.1) is 0 Å². The highest BCUT2D eigenvalue weighted by molar-refractivity contribution is 5.78. The number of esters is 1. The van der Waals surface area contributed by atoms with E-state index in [0.717, 1.165) is 5.56 Å². The van der Waals surface area contributed by atoms with Gasteiger partial charge in [-0.1, -0.05) is 6.07 Å². The SMILES string of the molecule is CCOC(=O)C(CN)c1ccc(OC)nc1.O=C(O)C(F)(F)F. The molecule has 0 aliphatic carbocycles. The number of nitrogens with two attached hydrogens (primary N) is 1. The van der Waals surface area contributed by atoms with E-state index in [-0.39, 0.29) is 12.5 Å². The van der Waals surface area contributed by atoms with Gasteiger partial charge in [0.1, 0.15) is 0 Å². The molecule has 0 bridgehead atoms. The molecule has 0 aromatic carbocycles. The molecule has 0 aliphatic rings. The Labute approximate surface area is 130 Å². The van der Waals surface area contributed by atoms with Gasteiger partial charge in [0.25, 0.3) is 0 Å². The van der Waals surface area contributed by atoms with Crippen molar-refractivity contribution in [3.8, 4) is 5.88 Å². The van der Waals surface area contributed by atoms with Crippen LogP contribution in [0.3, 0.4) is 0 Å². The molecule has 130 valence electrons. The van der Waals surface area contributed by atoms with Gasteiger partial charge in [0.15, 0.2) is 0 Å². The average molecular weight is 338 g/mol. The average Bonchev–Trinajstić information content (AvgIpc) is 2.48. The standard InChI is InChI=1S/C11H16N2O3.C2HF3O2/c1-3-16-11(14)9(6-12)8-4-5-10(15-2)13-7-8;3-2(4,5)1(6)7/h4-5,7,9H,3,6,12H2,1-2H3;(H,6,7). The summed E-state index contributed by atoms with van der Waals surface area (Å²) < 4.78 is 41.6. The number of rotatable bonds is 5. The van der Waals surface area contributed by atoms with Gasteiger partial charge in [0, 0.05) is 18.8 Å². The molecule has 0 amide bonds. The predicted molar refractivity (Wildman–Crippen MR) is 72.9 cm³/mol. The minimum absolute atomic E-state index is 0.201. The quantitative estimate of drug-likeness (QED) is 0.779. The van der Waals surface area contributed by atoms with Gasteiger partial charge < -0.3 is 20.3 Å². The Kier molecular flexibility index (Phi) is 8.63. The first-order valence-electron chi connectivity index (χ1n) is 6.34. The van der Waals surface area contributed by atoms with E-state index in [0.29, 0.717) is 12.5 Å². The molecule has 0 radical (unpaired) electrons. The molecule has 0 saturated heterocycles. The zero-order valence-electron chi connectivity index (χ0n) is 12.5. The van der Waals surface area contributed by atoms with Gasteiger partial charge in [-0.15, -0.1) is 0 Å². The molecule has 1 aromatic rings. The lowest BCUT2D eigenvalue weighted by atomic mass is 10.0. The second-order valence-corrected chi connectivity index (χ2v) is 3.98. The highest BCUT2D eigenvalue weighted by atomic mass is 19.4. The molecule has 1 aromatic heterocycles. The van der Waals surface area contributed by atoms with Crippen molar-refractivity contribution in [3.63, 3.8) is 0 Å². The first-order valence-corrected chi connectivity index (χ1v) is 6.34. The lowest BCUT2D eigenvalue weighted by Crippen LogP contribution is -2.23. The number of methoxy groups -OCH3 is 1. The summed E-state index contributed by atoms with van der Waals surface area (Å²) in [6.45, 7) is 2.31. The summed E-state index contributed by atoms with van der Waals surface area (Å²) in [5.74, 6) is -3.04. The number of hydrogen-bond acceptors (Lipinski definition) is 6. The van der Waals surface area contributed by atoms with E-state index in [9.17, 15) is 18.0 Å². The molecule has 0 aliphatic heterocycles. The first-order chi connectivity index (χ1) is 10.7. The number of ether oxygens (including phenoxy) is 2. The molecule has 7 nitrogen and oxygen atoms in total. The highest BCUT2D eigenvalue weighted by Crippen LogP contribution is 2.17. The number of carbonyl (C=O) groups is 2. The lowest BCUT2D eigenvalue weighted by molar-refractivity contribution is -0.192. The zero-order valence-corrected chi connectivity index (χ0v) is 12.5. The second kappa shape index (κ2) is 9.62. The molecule has 0 fully saturated rings. The number of hydrogen-bond donors (Lipinski definition) is 2. The Morgan fingerprint density at radius 2 is 1.96 bits per heavy atom. The van der Waals surface area contributed by atoms with E-state index in [2.05, 4.69) is 4.98 Å². The van der Waals surface area contributed by atoms with Crippen LogP contribution in [0.25, 0.3) is 0 Å². The summed E-state index contributed by atoms with van der Waals surface area (Å²) in [7, 11) is 1.54. The number of carbonyl (C=O) groups excluding carboxylic acids is 1. The van der Waals surface area contributed by atoms with Gasteiger partial charge in [-0.2, -0.15) is 13.2 Å². The van der Waals surface area contributed by atoms with Crippen LogP contribution >= 0.6 is 0 Å². The molecular formula is C13H17F3N2O5. The Morgan fingerprint density at radius 1 is 1.39 bits per heavy atom. The molecule has 1 rings (SSSR count). The van der Waals surface area contributed by atoms with Crippen molar-refractivity contribution in [1.82, 2.24) is 4.98 Å². The van der Waals surface area contributed by atoms with E-state index in [4.69, 9.17) is 25.1 Å². The van der Waals surface area contributed by atoms with Crippen LogP contribution in [-0.2, 0) is 14.3 Å². The third-order valence-electron chi connectivity index (χ3n) is 2.42. The number of aliphatic carboxylic acids is 1. The smallest absolute Gasteiger partial charge is 0.481 e. The second-order valence-electron chi connectivity index (χ2n) is 3.98. The van der Waals surface area contributed by atoms with Crippen molar-refractivity contribution in [2.75, 3.05) is 20.3 Å². The number of carboxylic acid groups (broad SMARTS) is 1. The van der Waals surface area contributed by atoms with Crippen LogP contribution in [0.5, 0.6) is 5.88 Å². The molecule has 1 unspecified atom stereocenters. The Morgan fingerprint density at radius 3 is 2.26 bits per heavy atom. The van der Waals surface area contributed by atoms with Crippen molar-refractivity contribution in [3.05, 3.63) is 23.9 Å². The molecule has 0 spiro atoms. The van der Waals surface area contributed by atoms with Crippen molar-refractivity contribution in [2.45, 2.75) is 19.0 Å². The van der Waals surface area contributed by atoms with Gasteiger partial charge in [-0.3, -0.25) is 4.79 Å². The van der Waals surface area contributed by atoms with Crippen molar-refractivity contribution in [1.29, 1.82) is 0 Å². The zero-order chi connectivity index (χ0) is 18.0. The van der Waals surface area contributed by atoms with E-state index < -0.39 is 18.1 Å². The monoisotopic (exact) mass is 338 g/mol. The van der Waals surface area contributed by atoms with E-state index in [1.807, 2.05) is 0 Å². The molecule has 3 N–H and O–H groups in total. The van der Waals surface area contributed by atoms with Crippen LogP contribution < -0.4 is 10.5 Å². The van der Waals surface area contributed by atoms with Crippen LogP contribution in [0.4, 0.5) is 13.2 Å². The van der Waals surface area contributed by atoms with Gasteiger partial charge in [0.05, 0.1) is 19.6 Å². The summed E-state index contributed by atoms with van der Waals surface area (Å²) in [6, 6.07) is 3.46. The normalized spacial score (nSPS) is 11.7. The maximum atomic E-state index is 11.6. The van der Waals surface area contributed by atoms with E-state index in [1.165, 1.54) is 7.11 Å². The number of alkyl halides is 3. The summed E-state index contributed by atoms with van der Waals surface area (Å²) in [5.41, 5.74) is 6.28. The fourth-order valence-electron chi connectivity index (χ4n) is 1.33. The fraction of sp³-hybridized carbons (Fsp3) is 0.462. The molecule has 0 saturated carbocycles. The topological polar surface area (TPSA) is 112 Å². The molecule has 1 atom stereocenters. The largest absolute Gasteiger partial charge is 0.490 e. The minimum Gasteiger partial charge on any atom is -0.481 e. The van der Waals surface area contributed by atoms with Crippen LogP contribution in [-0.4, -0.2) is 48.5 Å². The van der Waals surface area contributed by atoms with Gasteiger partial charge in [-0.25, -0.2) is 9.78 Å². The molecule has 10 heteroatoms. The lowest BCUT2D eigenvalue weighted by Gasteiger charge is -2.13. The van der Waals surface area contributed by atoms with Gasteiger partial charge in [0.2, 0.25) is 5.88 Å². The van der Waals surface area contributed by atoms with E-state index in [1.54, 1.807) is 25.3 Å². The van der Waals surface area contributed by atoms with Crippen molar-refractivity contribution < 1.29 is 37.3 Å². The maximum Gasteiger partial charge on any atom is 0.490 e. The third kappa shape index (κ3) is 7.45. The van der Waals surface area contributed by atoms with Crippen LogP contribution in [0.2, 0.25) is 0 Å². The summed E-state index contributed by atoms with van der Waals surface area (Å²) in [5, 5.41) is 7.12. The fourth-order valence-corrected chi connectivity index (χ4v) is 1.33. The van der Waals surface area contributed by atoms with Crippen LogP contribution in [0.1, 0.15) is 18.4 Å². The third-order valence-corrected chi connectivity index (χ3v) is 2.42. The summed E-state index contributed by atoms with van der Waals surface area (Å²) >= 11 is 0. The van der Waals surface area contributed by atoms with E-state index >= 15 is 0 Å². The number of nitrogens with zero attached hydrogens (tertiary/aromatic N) is 1. The Hall–Kier alpha value is -2.36. The van der Waals surface area contributed by atoms with Crippen molar-refractivity contribution >= 4 is 11.9 Å². The number of pyridine rings is 1.